The Balaban J connectivity index is 1.84. The van der Waals surface area contributed by atoms with E-state index in [0.717, 1.165) is 27.0 Å². The third kappa shape index (κ3) is 2.43. The van der Waals surface area contributed by atoms with Gasteiger partial charge in [0, 0.05) is 46.9 Å². The Labute approximate surface area is 135 Å². The lowest BCUT2D eigenvalue weighted by Gasteiger charge is -2.06. The van der Waals surface area contributed by atoms with Crippen molar-refractivity contribution in [1.29, 1.82) is 0 Å². The standard InChI is InChI=1S/C17H13N3O2S/c21-16-6-5-12(10-20(16)22)9-19-11-14(17-18-7-8-23-17)13-3-1-2-4-15(13)19/h1-8,10-11,22H,9H2. The van der Waals surface area contributed by atoms with Gasteiger partial charge >= 0.3 is 0 Å². The van der Waals surface area contributed by atoms with Crippen LogP contribution in [0.3, 0.4) is 0 Å². The van der Waals surface area contributed by atoms with Crippen molar-refractivity contribution in [1.82, 2.24) is 14.3 Å². The van der Waals surface area contributed by atoms with E-state index in [4.69, 9.17) is 0 Å². The Morgan fingerprint density at radius 2 is 2.00 bits per heavy atom. The maximum absolute atomic E-state index is 11.3. The summed E-state index contributed by atoms with van der Waals surface area (Å²) < 4.78 is 2.72. The predicted octanol–water partition coefficient (Wildman–Crippen LogP) is 3.21. The molecule has 0 aliphatic carbocycles. The fourth-order valence-electron chi connectivity index (χ4n) is 2.71. The molecule has 0 bridgehead atoms. The molecule has 0 unspecified atom stereocenters. The molecule has 4 aromatic rings. The molecule has 1 aromatic carbocycles. The predicted molar refractivity (Wildman–Crippen MR) is 90.0 cm³/mol. The first kappa shape index (κ1) is 13.8. The minimum absolute atomic E-state index is 0.436. The van der Waals surface area contributed by atoms with Gasteiger partial charge in [-0.05, 0) is 11.6 Å². The summed E-state index contributed by atoms with van der Waals surface area (Å²) in [6.45, 7) is 0.562. The molecule has 23 heavy (non-hydrogen) atoms. The quantitative estimate of drug-likeness (QED) is 0.589. The number of hydrogen-bond donors (Lipinski definition) is 1. The highest BCUT2D eigenvalue weighted by atomic mass is 32.1. The Kier molecular flexibility index (Phi) is 3.24. The van der Waals surface area contributed by atoms with Crippen LogP contribution in [0.1, 0.15) is 5.56 Å². The highest BCUT2D eigenvalue weighted by Gasteiger charge is 2.12. The number of hydrogen-bond acceptors (Lipinski definition) is 4. The Morgan fingerprint density at radius 1 is 1.13 bits per heavy atom. The summed E-state index contributed by atoms with van der Waals surface area (Å²) in [4.78, 5) is 15.7. The maximum atomic E-state index is 11.3. The number of pyridine rings is 1. The van der Waals surface area contributed by atoms with E-state index in [1.807, 2.05) is 17.5 Å². The van der Waals surface area contributed by atoms with Gasteiger partial charge in [0.25, 0.3) is 5.56 Å². The number of fused-ring (bicyclic) bond motifs is 1. The molecule has 3 heterocycles. The third-order valence-corrected chi connectivity index (χ3v) is 4.56. The van der Waals surface area contributed by atoms with Gasteiger partial charge in [-0.2, -0.15) is 4.73 Å². The minimum atomic E-state index is -0.436. The number of benzene rings is 1. The first-order valence-corrected chi connectivity index (χ1v) is 7.99. The SMILES string of the molecule is O=c1ccc(Cn2cc(-c3nccs3)c3ccccc32)cn1O. The summed E-state index contributed by atoms with van der Waals surface area (Å²) in [5.74, 6) is 0. The van der Waals surface area contributed by atoms with Crippen LogP contribution in [0.25, 0.3) is 21.5 Å². The lowest BCUT2D eigenvalue weighted by molar-refractivity contribution is 0.174. The zero-order valence-electron chi connectivity index (χ0n) is 12.1. The van der Waals surface area contributed by atoms with Crippen molar-refractivity contribution in [3.8, 4) is 10.6 Å². The van der Waals surface area contributed by atoms with Gasteiger partial charge in [0.05, 0.1) is 6.20 Å². The first-order chi connectivity index (χ1) is 11.2. The summed E-state index contributed by atoms with van der Waals surface area (Å²) in [7, 11) is 0. The molecule has 0 spiro atoms. The molecule has 6 heteroatoms. The summed E-state index contributed by atoms with van der Waals surface area (Å²) in [5, 5.41) is 13.6. The second-order valence-electron chi connectivity index (χ2n) is 5.25. The van der Waals surface area contributed by atoms with E-state index in [9.17, 15) is 10.0 Å². The van der Waals surface area contributed by atoms with Crippen molar-refractivity contribution in [2.75, 3.05) is 0 Å². The van der Waals surface area contributed by atoms with Gasteiger partial charge in [-0.3, -0.25) is 4.79 Å². The summed E-state index contributed by atoms with van der Waals surface area (Å²) >= 11 is 1.61. The largest absolute Gasteiger partial charge is 0.425 e. The molecule has 4 rings (SSSR count). The first-order valence-electron chi connectivity index (χ1n) is 7.11. The molecular weight excluding hydrogens is 310 g/mol. The molecule has 0 atom stereocenters. The van der Waals surface area contributed by atoms with Crippen LogP contribution in [-0.2, 0) is 6.54 Å². The van der Waals surface area contributed by atoms with Gasteiger partial charge in [-0.25, -0.2) is 4.98 Å². The Hall–Kier alpha value is -2.86. The summed E-state index contributed by atoms with van der Waals surface area (Å²) in [6, 6.07) is 11.2. The van der Waals surface area contributed by atoms with Gasteiger partial charge in [0.15, 0.2) is 0 Å². The van der Waals surface area contributed by atoms with E-state index in [0.29, 0.717) is 11.3 Å². The third-order valence-electron chi connectivity index (χ3n) is 3.76. The molecule has 1 N–H and O–H groups in total. The number of para-hydroxylation sites is 1. The van der Waals surface area contributed by atoms with Crippen LogP contribution < -0.4 is 5.56 Å². The highest BCUT2D eigenvalue weighted by molar-refractivity contribution is 7.13. The van der Waals surface area contributed by atoms with E-state index in [1.165, 1.54) is 12.3 Å². The number of thiazole rings is 1. The Bertz CT molecular complexity index is 1030. The molecule has 114 valence electrons. The van der Waals surface area contributed by atoms with Crippen molar-refractivity contribution >= 4 is 22.2 Å². The molecule has 0 fully saturated rings. The monoisotopic (exact) mass is 323 g/mol. The molecule has 0 aliphatic heterocycles. The van der Waals surface area contributed by atoms with Crippen LogP contribution in [0, 0.1) is 0 Å². The van der Waals surface area contributed by atoms with Crippen LogP contribution in [0.5, 0.6) is 0 Å². The molecule has 0 radical (unpaired) electrons. The van der Waals surface area contributed by atoms with Crippen LogP contribution in [-0.4, -0.2) is 19.5 Å². The normalized spacial score (nSPS) is 11.1. The van der Waals surface area contributed by atoms with E-state index in [1.54, 1.807) is 23.6 Å². The van der Waals surface area contributed by atoms with Crippen molar-refractivity contribution in [2.45, 2.75) is 6.54 Å². The van der Waals surface area contributed by atoms with Gasteiger partial charge in [0.2, 0.25) is 0 Å². The Morgan fingerprint density at radius 3 is 2.78 bits per heavy atom. The molecular formula is C17H13N3O2S. The second kappa shape index (κ2) is 5.40. The highest BCUT2D eigenvalue weighted by Crippen LogP contribution is 2.32. The average molecular weight is 323 g/mol. The van der Waals surface area contributed by atoms with Gasteiger partial charge in [0.1, 0.15) is 5.01 Å². The molecule has 0 saturated carbocycles. The van der Waals surface area contributed by atoms with Crippen molar-refractivity contribution in [2.24, 2.45) is 0 Å². The van der Waals surface area contributed by atoms with E-state index >= 15 is 0 Å². The fourth-order valence-corrected chi connectivity index (χ4v) is 3.38. The molecule has 5 nitrogen and oxygen atoms in total. The second-order valence-corrected chi connectivity index (χ2v) is 6.14. The van der Waals surface area contributed by atoms with E-state index < -0.39 is 5.56 Å². The average Bonchev–Trinajstić information content (AvgIpc) is 3.19. The van der Waals surface area contributed by atoms with Gasteiger partial charge < -0.3 is 9.77 Å². The number of rotatable bonds is 3. The van der Waals surface area contributed by atoms with Crippen LogP contribution in [0.15, 0.2) is 65.2 Å². The van der Waals surface area contributed by atoms with Gasteiger partial charge in [-0.1, -0.05) is 24.3 Å². The summed E-state index contributed by atoms with van der Waals surface area (Å²) in [5.41, 5.74) is 2.59. The van der Waals surface area contributed by atoms with Crippen LogP contribution in [0.4, 0.5) is 0 Å². The molecule has 0 saturated heterocycles. The van der Waals surface area contributed by atoms with Crippen LogP contribution >= 0.6 is 11.3 Å². The van der Waals surface area contributed by atoms with E-state index in [2.05, 4.69) is 27.9 Å². The van der Waals surface area contributed by atoms with Crippen molar-refractivity contribution in [3.63, 3.8) is 0 Å². The number of aromatic nitrogens is 3. The van der Waals surface area contributed by atoms with Crippen molar-refractivity contribution < 1.29 is 5.21 Å². The lowest BCUT2D eigenvalue weighted by Crippen LogP contribution is -2.16. The minimum Gasteiger partial charge on any atom is -0.425 e. The molecule has 0 aliphatic rings. The fraction of sp³-hybridized carbons (Fsp3) is 0.0588. The number of nitrogens with zero attached hydrogens (tertiary/aromatic N) is 3. The zero-order chi connectivity index (χ0) is 15.8. The maximum Gasteiger partial charge on any atom is 0.282 e. The topological polar surface area (TPSA) is 60.0 Å². The smallest absolute Gasteiger partial charge is 0.282 e. The summed E-state index contributed by atoms with van der Waals surface area (Å²) in [6.07, 6.45) is 5.31. The van der Waals surface area contributed by atoms with E-state index in [-0.39, 0.29) is 0 Å². The van der Waals surface area contributed by atoms with Gasteiger partial charge in [-0.15, -0.1) is 11.3 Å². The van der Waals surface area contributed by atoms with Crippen LogP contribution in [0.2, 0.25) is 0 Å². The lowest BCUT2D eigenvalue weighted by atomic mass is 10.2. The molecule has 3 aromatic heterocycles. The zero-order valence-corrected chi connectivity index (χ0v) is 12.9. The molecule has 0 amide bonds. The van der Waals surface area contributed by atoms with Crippen molar-refractivity contribution in [3.05, 3.63) is 76.3 Å².